The SMILES string of the molecule is CN1CCC(C(=O)NC(C(=O)N2CCCC2c2cc(-c3ccc(C#Cc4ccc(-c5cnc(C6CCCN6C(=O)C(NC(=O)C6CCN(C)CC6)c6ccccc6)[nH]5)cc4)cc3)n[nH]2)c2ccccc2)CC1. The number of likely N-dealkylation sites (tertiary alicyclic amines) is 4. The lowest BCUT2D eigenvalue weighted by Crippen LogP contribution is -2.46. The van der Waals surface area contributed by atoms with Crippen LogP contribution in [0.4, 0.5) is 0 Å². The van der Waals surface area contributed by atoms with E-state index in [9.17, 15) is 19.2 Å². The summed E-state index contributed by atoms with van der Waals surface area (Å²) < 4.78 is 0. The third-order valence-corrected chi connectivity index (χ3v) is 15.2. The average molecular weight is 965 g/mol. The van der Waals surface area contributed by atoms with Gasteiger partial charge in [-0.2, -0.15) is 5.10 Å². The summed E-state index contributed by atoms with van der Waals surface area (Å²) in [6.07, 6.45) is 8.24. The van der Waals surface area contributed by atoms with Crippen molar-refractivity contribution in [3.8, 4) is 34.4 Å². The molecule has 4 unspecified atom stereocenters. The third-order valence-electron chi connectivity index (χ3n) is 15.2. The molecular formula is C58H64N10O4. The molecule has 2 aromatic heterocycles. The quantitative estimate of drug-likeness (QED) is 0.0913. The summed E-state index contributed by atoms with van der Waals surface area (Å²) in [6.45, 7) is 4.67. The van der Waals surface area contributed by atoms with E-state index in [4.69, 9.17) is 4.98 Å². The van der Waals surface area contributed by atoms with Crippen molar-refractivity contribution in [3.63, 3.8) is 0 Å². The van der Waals surface area contributed by atoms with E-state index in [2.05, 4.69) is 61.6 Å². The minimum absolute atomic E-state index is 0.0554. The monoisotopic (exact) mass is 965 g/mol. The molecular weight excluding hydrogens is 901 g/mol. The van der Waals surface area contributed by atoms with Crippen molar-refractivity contribution < 1.29 is 19.2 Å². The molecule has 0 radical (unpaired) electrons. The molecule has 6 heterocycles. The van der Waals surface area contributed by atoms with Crippen molar-refractivity contribution in [1.29, 1.82) is 0 Å². The second kappa shape index (κ2) is 22.0. The van der Waals surface area contributed by atoms with E-state index in [1.165, 1.54) is 0 Å². The first kappa shape index (κ1) is 48.3. The molecule has 14 heteroatoms. The first-order valence-corrected chi connectivity index (χ1v) is 25.7. The van der Waals surface area contributed by atoms with E-state index in [-0.39, 0.29) is 47.5 Å². The van der Waals surface area contributed by atoms with E-state index in [0.717, 1.165) is 134 Å². The summed E-state index contributed by atoms with van der Waals surface area (Å²) in [6, 6.07) is 35.3. The molecule has 370 valence electrons. The molecule has 4 N–H and O–H groups in total. The van der Waals surface area contributed by atoms with Gasteiger partial charge in [-0.15, -0.1) is 0 Å². The van der Waals surface area contributed by atoms with Crippen LogP contribution in [0.15, 0.2) is 121 Å². The molecule has 4 atom stereocenters. The number of rotatable bonds is 12. The number of hydrogen-bond acceptors (Lipinski definition) is 8. The van der Waals surface area contributed by atoms with Gasteiger partial charge in [-0.3, -0.25) is 24.3 Å². The zero-order valence-corrected chi connectivity index (χ0v) is 41.2. The predicted octanol–water partition coefficient (Wildman–Crippen LogP) is 7.59. The Morgan fingerprint density at radius 2 is 1.06 bits per heavy atom. The minimum atomic E-state index is -0.769. The van der Waals surface area contributed by atoms with E-state index < -0.39 is 12.1 Å². The van der Waals surface area contributed by atoms with Gasteiger partial charge in [0.25, 0.3) is 0 Å². The number of hydrogen-bond donors (Lipinski definition) is 4. The molecule has 6 aromatic rings. The van der Waals surface area contributed by atoms with E-state index in [0.29, 0.717) is 13.1 Å². The standard InChI is InChI=1S/C58H64N10O4/c1-65-33-27-45(28-34-65)55(69)61-52(43-11-5-3-6-12-43)57(71)67-31-9-15-50(67)48-37-47(63-64-48)41-23-19-39(20-24-41)17-18-40-21-25-42(26-22-40)49-38-59-54(60-49)51-16-10-32-68(51)58(72)53(44-13-7-4-8-14-44)62-56(70)46-29-35-66(2)36-30-46/h3-8,11-14,19-26,37-38,45-46,50-53H,9-10,15-16,27-36H2,1-2H3,(H,59,60)(H,61,69)(H,62,70)(H,63,64). The second-order valence-corrected chi connectivity index (χ2v) is 20.0. The summed E-state index contributed by atoms with van der Waals surface area (Å²) in [5, 5.41) is 14.2. The highest BCUT2D eigenvalue weighted by molar-refractivity contribution is 5.91. The molecule has 14 nitrogen and oxygen atoms in total. The number of amides is 4. The Hall–Kier alpha value is -7.34. The van der Waals surface area contributed by atoms with Crippen LogP contribution in [-0.4, -0.2) is 117 Å². The number of aromatic amines is 2. The highest BCUT2D eigenvalue weighted by Crippen LogP contribution is 2.37. The van der Waals surface area contributed by atoms with Crippen LogP contribution in [0, 0.1) is 23.7 Å². The molecule has 0 bridgehead atoms. The maximum absolute atomic E-state index is 14.4. The smallest absolute Gasteiger partial charge is 0.250 e. The molecule has 10 rings (SSSR count). The topological polar surface area (TPSA) is 163 Å². The van der Waals surface area contributed by atoms with Gasteiger partial charge in [0.2, 0.25) is 23.6 Å². The molecule has 0 spiro atoms. The van der Waals surface area contributed by atoms with Gasteiger partial charge in [0, 0.05) is 41.6 Å². The van der Waals surface area contributed by atoms with Crippen LogP contribution >= 0.6 is 0 Å². The zero-order valence-electron chi connectivity index (χ0n) is 41.2. The molecule has 4 amide bonds. The molecule has 4 aliphatic rings. The number of H-pyrrole nitrogens is 2. The van der Waals surface area contributed by atoms with Gasteiger partial charge in [0.15, 0.2) is 0 Å². The Kier molecular flexibility index (Phi) is 14.7. The van der Waals surface area contributed by atoms with Gasteiger partial charge in [-0.1, -0.05) is 96.8 Å². The van der Waals surface area contributed by atoms with E-state index in [1.54, 1.807) is 0 Å². The Bertz CT molecular complexity index is 2700. The van der Waals surface area contributed by atoms with Crippen molar-refractivity contribution in [2.45, 2.75) is 75.5 Å². The fourth-order valence-corrected chi connectivity index (χ4v) is 10.8. The summed E-state index contributed by atoms with van der Waals surface area (Å²) in [4.78, 5) is 72.3. The van der Waals surface area contributed by atoms with Crippen molar-refractivity contribution >= 4 is 23.6 Å². The van der Waals surface area contributed by atoms with Crippen LogP contribution in [0.1, 0.15) is 109 Å². The molecule has 4 aromatic carbocycles. The van der Waals surface area contributed by atoms with Crippen molar-refractivity contribution in [2.24, 2.45) is 11.8 Å². The second-order valence-electron chi connectivity index (χ2n) is 20.0. The fraction of sp³-hybridized carbons (Fsp3) is 0.379. The van der Waals surface area contributed by atoms with Crippen molar-refractivity contribution in [2.75, 3.05) is 53.4 Å². The lowest BCUT2D eigenvalue weighted by molar-refractivity contribution is -0.139. The summed E-state index contributed by atoms with van der Waals surface area (Å²) in [5.41, 5.74) is 7.70. The van der Waals surface area contributed by atoms with Crippen LogP contribution in [0.25, 0.3) is 22.5 Å². The molecule has 4 aliphatic heterocycles. The van der Waals surface area contributed by atoms with Crippen molar-refractivity contribution in [1.82, 2.24) is 50.4 Å². The highest BCUT2D eigenvalue weighted by atomic mass is 16.2. The van der Waals surface area contributed by atoms with E-state index >= 15 is 0 Å². The van der Waals surface area contributed by atoms with E-state index in [1.807, 2.05) is 131 Å². The molecule has 0 saturated carbocycles. The molecule has 0 aliphatic carbocycles. The first-order valence-electron chi connectivity index (χ1n) is 25.7. The summed E-state index contributed by atoms with van der Waals surface area (Å²) in [7, 11) is 4.15. The number of nitrogens with zero attached hydrogens (tertiary/aromatic N) is 6. The van der Waals surface area contributed by atoms with Gasteiger partial charge in [-0.25, -0.2) is 4.98 Å². The van der Waals surface area contributed by atoms with Gasteiger partial charge < -0.3 is 35.2 Å². The highest BCUT2D eigenvalue weighted by Gasteiger charge is 2.39. The molecule has 4 fully saturated rings. The normalized spacial score (nSPS) is 19.9. The van der Waals surface area contributed by atoms with Crippen LogP contribution in [-0.2, 0) is 19.2 Å². The maximum atomic E-state index is 14.4. The lowest BCUT2D eigenvalue weighted by Gasteiger charge is -2.32. The third kappa shape index (κ3) is 10.9. The molecule has 72 heavy (non-hydrogen) atoms. The lowest BCUT2D eigenvalue weighted by atomic mass is 9.95. The Labute approximate surface area is 422 Å². The Morgan fingerprint density at radius 1 is 0.583 bits per heavy atom. The van der Waals surface area contributed by atoms with Crippen LogP contribution in [0.2, 0.25) is 0 Å². The number of nitrogens with one attached hydrogen (secondary N) is 4. The fourth-order valence-electron chi connectivity index (χ4n) is 10.8. The maximum Gasteiger partial charge on any atom is 0.250 e. The predicted molar refractivity (Wildman–Crippen MR) is 276 cm³/mol. The Balaban J connectivity index is 0.765. The summed E-state index contributed by atoms with van der Waals surface area (Å²) >= 11 is 0. The van der Waals surface area contributed by atoms with Crippen LogP contribution in [0.5, 0.6) is 0 Å². The van der Waals surface area contributed by atoms with Gasteiger partial charge in [-0.05, 0) is 139 Å². The molecule has 4 saturated heterocycles. The van der Waals surface area contributed by atoms with Gasteiger partial charge in [0.1, 0.15) is 17.9 Å². The zero-order chi connectivity index (χ0) is 49.6. The van der Waals surface area contributed by atoms with Gasteiger partial charge >= 0.3 is 0 Å². The van der Waals surface area contributed by atoms with Crippen molar-refractivity contribution in [3.05, 3.63) is 155 Å². The van der Waals surface area contributed by atoms with Crippen LogP contribution < -0.4 is 10.6 Å². The number of benzene rings is 4. The minimum Gasteiger partial charge on any atom is -0.340 e. The first-order chi connectivity index (χ1) is 35.1. The number of imidazole rings is 1. The number of carbonyl (C=O) groups is 4. The average Bonchev–Trinajstić information content (AvgIpc) is 4.28. The number of piperidine rings is 2. The number of aromatic nitrogens is 4. The van der Waals surface area contributed by atoms with Crippen LogP contribution in [0.3, 0.4) is 0 Å². The number of carbonyl (C=O) groups excluding carboxylic acids is 4. The summed E-state index contributed by atoms with van der Waals surface area (Å²) in [5.74, 6) is 6.78. The van der Waals surface area contributed by atoms with Gasteiger partial charge in [0.05, 0.1) is 35.4 Å². The largest absolute Gasteiger partial charge is 0.340 e. The Morgan fingerprint density at radius 3 is 1.57 bits per heavy atom.